The van der Waals surface area contributed by atoms with Crippen LogP contribution in [0.15, 0.2) is 11.5 Å². The van der Waals surface area contributed by atoms with Gasteiger partial charge in [0.1, 0.15) is 5.52 Å². The summed E-state index contributed by atoms with van der Waals surface area (Å²) in [6.45, 7) is 1.34. The maximum Gasteiger partial charge on any atom is 0.481 e. The lowest BCUT2D eigenvalue weighted by Crippen LogP contribution is -2.20. The third kappa shape index (κ3) is 5.16. The summed E-state index contributed by atoms with van der Waals surface area (Å²) in [6.07, 6.45) is 2.95. The van der Waals surface area contributed by atoms with Gasteiger partial charge in [0.15, 0.2) is 16.6 Å². The lowest BCUT2D eigenvalue weighted by Gasteiger charge is -2.25. The molecule has 0 radical (unpaired) electrons. The van der Waals surface area contributed by atoms with Crippen LogP contribution < -0.4 is 5.73 Å². The van der Waals surface area contributed by atoms with Gasteiger partial charge in [0, 0.05) is 0 Å². The molecule has 13 nitrogen and oxygen atoms in total. The van der Waals surface area contributed by atoms with E-state index in [1.165, 1.54) is 18.1 Å². The van der Waals surface area contributed by atoms with Gasteiger partial charge in [-0.25, -0.2) is 24.1 Å². The van der Waals surface area contributed by atoms with Crippen molar-refractivity contribution < 1.29 is 37.8 Å². The Bertz CT molecular complexity index is 1010. The van der Waals surface area contributed by atoms with E-state index in [0.717, 1.165) is 0 Å². The zero-order valence-corrected chi connectivity index (χ0v) is 18.0. The molecule has 162 valence electrons. The minimum atomic E-state index is -5.20. The van der Waals surface area contributed by atoms with Crippen LogP contribution in [0.1, 0.15) is 25.8 Å². The van der Waals surface area contributed by atoms with E-state index in [2.05, 4.69) is 19.3 Å². The van der Waals surface area contributed by atoms with Crippen molar-refractivity contribution in [2.24, 2.45) is 5.41 Å². The van der Waals surface area contributed by atoms with Crippen LogP contribution in [-0.4, -0.2) is 58.3 Å². The third-order valence-corrected chi connectivity index (χ3v) is 7.28. The van der Waals surface area contributed by atoms with E-state index in [-0.39, 0.29) is 18.8 Å². The number of nitrogens with zero attached hydrogens (tertiary/aromatic N) is 4. The summed E-state index contributed by atoms with van der Waals surface area (Å²) in [4.78, 5) is 39.6. The van der Waals surface area contributed by atoms with Gasteiger partial charge in [-0.05, 0) is 24.5 Å². The van der Waals surface area contributed by atoms with Crippen molar-refractivity contribution in [2.45, 2.75) is 37.1 Å². The zero-order chi connectivity index (χ0) is 21.6. The van der Waals surface area contributed by atoms with Crippen molar-refractivity contribution in [2.75, 3.05) is 18.6 Å². The molecule has 16 heteroatoms. The van der Waals surface area contributed by atoms with Crippen LogP contribution in [-0.2, 0) is 18.0 Å². The summed E-state index contributed by atoms with van der Waals surface area (Å²) in [6, 6.07) is -0.474. The predicted octanol–water partition coefficient (Wildman–Crippen LogP) is 1.06. The predicted molar refractivity (Wildman–Crippen MR) is 103 cm³/mol. The molecule has 2 aromatic heterocycles. The molecule has 1 unspecified atom stereocenters. The largest absolute Gasteiger partial charge is 0.481 e. The van der Waals surface area contributed by atoms with Crippen molar-refractivity contribution >= 4 is 44.4 Å². The lowest BCUT2D eigenvalue weighted by molar-refractivity contribution is 0.0980. The number of thioether (sulfide) groups is 1. The molecule has 2 heterocycles. The first-order chi connectivity index (χ1) is 13.3. The molecule has 0 aliphatic heterocycles. The number of phosphoric acid groups is 2. The van der Waals surface area contributed by atoms with Gasteiger partial charge in [-0.1, -0.05) is 18.7 Å². The molecule has 1 aliphatic carbocycles. The van der Waals surface area contributed by atoms with E-state index in [1.54, 1.807) is 17.7 Å². The average Bonchev–Trinajstić information content (AvgIpc) is 3.12. The van der Waals surface area contributed by atoms with Crippen LogP contribution in [0.2, 0.25) is 0 Å². The number of anilines is 1. The number of phosphoric ester groups is 1. The standard InChI is InChI=1S/C13H21N5O8P2S/c1-13(5-25-28(23,24)26-27(20,21)22)3-7(8(19)4-13)18-6-15-9-10(14)16-12(29-2)17-11(9)18/h6-8,19H,3-5H2,1-2H3,(H,23,24)(H2,14,16,17)(H2,20,21,22)/t7-,8-,13+/m1/s1. The fourth-order valence-corrected chi connectivity index (χ4v) is 5.52. The van der Waals surface area contributed by atoms with E-state index >= 15 is 0 Å². The number of imidazole rings is 1. The van der Waals surface area contributed by atoms with Gasteiger partial charge < -0.3 is 30.1 Å². The second-order valence-corrected chi connectivity index (χ2v) is 10.7. The van der Waals surface area contributed by atoms with Crippen molar-refractivity contribution in [1.82, 2.24) is 19.5 Å². The number of rotatable bonds is 7. The average molecular weight is 469 g/mol. The van der Waals surface area contributed by atoms with Crippen LogP contribution in [0.25, 0.3) is 11.2 Å². The van der Waals surface area contributed by atoms with Gasteiger partial charge in [-0.3, -0.25) is 4.52 Å². The monoisotopic (exact) mass is 469 g/mol. The number of aliphatic hydroxyl groups excluding tert-OH is 1. The van der Waals surface area contributed by atoms with Crippen LogP contribution >= 0.6 is 27.4 Å². The summed E-state index contributed by atoms with van der Waals surface area (Å²) in [5, 5.41) is 11.0. The first-order valence-electron chi connectivity index (χ1n) is 8.29. The Balaban J connectivity index is 1.80. The van der Waals surface area contributed by atoms with E-state index < -0.39 is 33.2 Å². The highest BCUT2D eigenvalue weighted by Crippen LogP contribution is 2.59. The molecule has 1 fully saturated rings. The number of fused-ring (bicyclic) bond motifs is 1. The molecule has 0 amide bonds. The lowest BCUT2D eigenvalue weighted by atomic mass is 9.90. The fraction of sp³-hybridized carbons (Fsp3) is 0.615. The first-order valence-corrected chi connectivity index (χ1v) is 12.5. The Hall–Kier alpha value is -1.08. The van der Waals surface area contributed by atoms with Gasteiger partial charge in [0.2, 0.25) is 0 Å². The molecular weight excluding hydrogens is 448 g/mol. The van der Waals surface area contributed by atoms with Gasteiger partial charge in [-0.2, -0.15) is 4.31 Å². The molecule has 1 aliphatic rings. The second-order valence-electron chi connectivity index (χ2n) is 7.09. The summed E-state index contributed by atoms with van der Waals surface area (Å²) in [7, 11) is -10.2. The van der Waals surface area contributed by atoms with Gasteiger partial charge in [0.05, 0.1) is 25.1 Å². The second kappa shape index (κ2) is 7.88. The molecule has 0 aromatic carbocycles. The normalized spacial score (nSPS) is 27.4. The van der Waals surface area contributed by atoms with Crippen molar-refractivity contribution in [3.8, 4) is 0 Å². The minimum absolute atomic E-state index is 0.198. The molecule has 29 heavy (non-hydrogen) atoms. The SMILES string of the molecule is CSc1nc(N)c2ncn([C@@H]3C[C@](C)(COP(=O)(O)OP(=O)(O)O)C[C@H]3O)c2n1. The number of hydrogen-bond donors (Lipinski definition) is 5. The molecule has 6 N–H and O–H groups in total. The summed E-state index contributed by atoms with van der Waals surface area (Å²) >= 11 is 1.31. The highest BCUT2D eigenvalue weighted by Gasteiger charge is 2.45. The first kappa shape index (κ1) is 22.6. The number of aliphatic hydroxyl groups is 1. The molecule has 0 bridgehead atoms. The van der Waals surface area contributed by atoms with Crippen LogP contribution in [0.4, 0.5) is 5.82 Å². The van der Waals surface area contributed by atoms with Crippen LogP contribution in [0, 0.1) is 5.41 Å². The highest BCUT2D eigenvalue weighted by atomic mass is 32.2. The quantitative estimate of drug-likeness (QED) is 0.219. The topological polar surface area (TPSA) is 203 Å². The Morgan fingerprint density at radius 1 is 1.34 bits per heavy atom. The third-order valence-electron chi connectivity index (χ3n) is 4.60. The van der Waals surface area contributed by atoms with Crippen LogP contribution in [0.3, 0.4) is 0 Å². The van der Waals surface area contributed by atoms with Crippen molar-refractivity contribution in [3.63, 3.8) is 0 Å². The van der Waals surface area contributed by atoms with Crippen molar-refractivity contribution in [3.05, 3.63) is 6.33 Å². The number of nitrogen functional groups attached to an aromatic ring is 1. The molecule has 2 aromatic rings. The van der Waals surface area contributed by atoms with Gasteiger partial charge >= 0.3 is 15.6 Å². The summed E-state index contributed by atoms with van der Waals surface area (Å²) in [5.74, 6) is 0.215. The minimum Gasteiger partial charge on any atom is -0.391 e. The Labute approximate surface area is 169 Å². The molecule has 0 saturated heterocycles. The van der Waals surface area contributed by atoms with E-state index in [9.17, 15) is 19.1 Å². The Morgan fingerprint density at radius 3 is 2.66 bits per heavy atom. The van der Waals surface area contributed by atoms with Crippen LogP contribution in [0.5, 0.6) is 0 Å². The Kier molecular flexibility index (Phi) is 6.14. The van der Waals surface area contributed by atoms with Gasteiger partial charge in [0.25, 0.3) is 0 Å². The maximum absolute atomic E-state index is 11.7. The molecule has 1 saturated carbocycles. The molecular formula is C13H21N5O8P2S. The Morgan fingerprint density at radius 2 is 2.03 bits per heavy atom. The highest BCUT2D eigenvalue weighted by molar-refractivity contribution is 7.98. The summed E-state index contributed by atoms with van der Waals surface area (Å²) in [5.41, 5.74) is 5.99. The smallest absolute Gasteiger partial charge is 0.391 e. The van der Waals surface area contributed by atoms with E-state index in [0.29, 0.717) is 22.7 Å². The number of nitrogens with two attached hydrogens (primary N) is 1. The zero-order valence-electron chi connectivity index (χ0n) is 15.4. The maximum atomic E-state index is 11.7. The molecule has 4 atom stereocenters. The summed E-state index contributed by atoms with van der Waals surface area (Å²) < 4.78 is 32.7. The fourth-order valence-electron chi connectivity index (χ4n) is 3.41. The number of hydrogen-bond acceptors (Lipinski definition) is 10. The van der Waals surface area contributed by atoms with E-state index in [1.807, 2.05) is 0 Å². The molecule has 3 rings (SSSR count). The van der Waals surface area contributed by atoms with Crippen molar-refractivity contribution in [1.29, 1.82) is 0 Å². The van der Waals surface area contributed by atoms with E-state index in [4.69, 9.17) is 20.0 Å². The molecule has 0 spiro atoms. The van der Waals surface area contributed by atoms with Gasteiger partial charge in [-0.15, -0.1) is 0 Å². The number of aromatic nitrogens is 4.